The van der Waals surface area contributed by atoms with Crippen LogP contribution in [0.1, 0.15) is 76.2 Å². The highest BCUT2D eigenvalue weighted by molar-refractivity contribution is 6.31. The summed E-state index contributed by atoms with van der Waals surface area (Å²) in [6, 6.07) is 7.95. The lowest BCUT2D eigenvalue weighted by Gasteiger charge is -2.59. The molecule has 1 spiro atoms. The number of nitriles is 1. The number of ether oxygens (including phenoxy) is 2. The molecule has 48 heavy (non-hydrogen) atoms. The van der Waals surface area contributed by atoms with Gasteiger partial charge in [0.05, 0.1) is 37.3 Å². The largest absolute Gasteiger partial charge is 0.479 e. The number of Topliss-reactive ketones (excluding diaryl/α,β-unsaturated/α-hetero) is 1. The number of benzene rings is 1. The Balaban J connectivity index is 1.24. The third-order valence-electron chi connectivity index (χ3n) is 12.2. The second kappa shape index (κ2) is 14.4. The van der Waals surface area contributed by atoms with Crippen LogP contribution in [-0.2, 0) is 20.7 Å². The van der Waals surface area contributed by atoms with Crippen molar-refractivity contribution >= 4 is 23.3 Å². The molecule has 2 aliphatic carbocycles. The van der Waals surface area contributed by atoms with Crippen molar-refractivity contribution in [3.05, 3.63) is 41.4 Å². The number of likely N-dealkylation sites (N-methyl/N-ethyl adjacent to an activating group) is 1. The van der Waals surface area contributed by atoms with Crippen molar-refractivity contribution in [1.82, 2.24) is 24.9 Å². The van der Waals surface area contributed by atoms with Gasteiger partial charge >= 0.3 is 0 Å². The molecule has 11 heteroatoms. The van der Waals surface area contributed by atoms with Crippen molar-refractivity contribution in [3.63, 3.8) is 0 Å². The number of hydrogen-bond acceptors (Lipinski definition) is 9. The summed E-state index contributed by atoms with van der Waals surface area (Å²) >= 11 is 6.62. The average Bonchev–Trinajstić information content (AvgIpc) is 3.58. The lowest BCUT2D eigenvalue weighted by molar-refractivity contribution is -0.217. The Hall–Kier alpha value is -2.52. The molecule has 5 fully saturated rings. The lowest BCUT2D eigenvalue weighted by atomic mass is 9.70. The van der Waals surface area contributed by atoms with Gasteiger partial charge < -0.3 is 19.3 Å². The maximum absolute atomic E-state index is 14.9. The summed E-state index contributed by atoms with van der Waals surface area (Å²) in [5.41, 5.74) is -0.0385. The first kappa shape index (κ1) is 34.0. The van der Waals surface area contributed by atoms with Gasteiger partial charge in [-0.3, -0.25) is 19.8 Å². The molecule has 4 aliphatic heterocycles. The molecular formula is C37H51ClN6O4. The molecule has 4 heterocycles. The number of hydrogen-bond donors (Lipinski definition) is 1. The zero-order valence-corrected chi connectivity index (χ0v) is 29.1. The van der Waals surface area contributed by atoms with E-state index in [4.69, 9.17) is 21.1 Å². The van der Waals surface area contributed by atoms with E-state index in [0.717, 1.165) is 44.2 Å². The molecule has 2 saturated carbocycles. The van der Waals surface area contributed by atoms with Crippen molar-refractivity contribution in [1.29, 1.82) is 5.26 Å². The number of nitrogens with zero attached hydrogens (tertiary/aromatic N) is 5. The van der Waals surface area contributed by atoms with Gasteiger partial charge in [0.2, 0.25) is 5.91 Å². The van der Waals surface area contributed by atoms with Crippen LogP contribution in [-0.4, -0.2) is 113 Å². The first-order valence-electron chi connectivity index (χ1n) is 18.2. The van der Waals surface area contributed by atoms with Gasteiger partial charge in [-0.25, -0.2) is 4.90 Å². The molecule has 1 N–H and O–H groups in total. The summed E-state index contributed by atoms with van der Waals surface area (Å²) in [6.07, 6.45) is 12.2. The van der Waals surface area contributed by atoms with Crippen LogP contribution in [0.3, 0.4) is 0 Å². The van der Waals surface area contributed by atoms with Gasteiger partial charge in [-0.2, -0.15) is 5.26 Å². The predicted molar refractivity (Wildman–Crippen MR) is 183 cm³/mol. The lowest BCUT2D eigenvalue weighted by Crippen LogP contribution is -2.77. The second-order valence-corrected chi connectivity index (χ2v) is 15.3. The van der Waals surface area contributed by atoms with Crippen LogP contribution < -0.4 is 10.1 Å². The van der Waals surface area contributed by atoms with Crippen LogP contribution in [0, 0.1) is 17.2 Å². The Kier molecular flexibility index (Phi) is 10.2. The molecule has 7 rings (SSSR count). The molecule has 3 saturated heterocycles. The van der Waals surface area contributed by atoms with Gasteiger partial charge in [-0.15, -0.1) is 0 Å². The zero-order valence-electron chi connectivity index (χ0n) is 28.3. The van der Waals surface area contributed by atoms with Crippen LogP contribution in [0.2, 0.25) is 5.02 Å². The summed E-state index contributed by atoms with van der Waals surface area (Å²) < 4.78 is 13.5. The third kappa shape index (κ3) is 6.31. The molecule has 0 radical (unpaired) electrons. The van der Waals surface area contributed by atoms with E-state index in [0.29, 0.717) is 61.9 Å². The Morgan fingerprint density at radius 3 is 2.67 bits per heavy atom. The number of halogens is 1. The van der Waals surface area contributed by atoms with Crippen molar-refractivity contribution < 1.29 is 19.1 Å². The maximum Gasteiger partial charge on any atom is 0.246 e. The summed E-state index contributed by atoms with van der Waals surface area (Å²) in [6.45, 7) is 7.14. The molecule has 1 aromatic rings. The van der Waals surface area contributed by atoms with Crippen molar-refractivity contribution in [3.8, 4) is 11.8 Å². The molecule has 7 atom stereocenters. The fraction of sp³-hybridized carbons (Fsp3) is 0.703. The highest BCUT2D eigenvalue weighted by Crippen LogP contribution is 2.48. The Morgan fingerprint density at radius 2 is 1.96 bits per heavy atom. The average molecular weight is 679 g/mol. The number of amides is 1. The van der Waals surface area contributed by atoms with Gasteiger partial charge in [-0.1, -0.05) is 49.9 Å². The molecule has 0 bridgehead atoms. The molecule has 6 unspecified atom stereocenters. The number of fused-ring (bicyclic) bond motifs is 2. The van der Waals surface area contributed by atoms with Gasteiger partial charge in [0.25, 0.3) is 0 Å². The van der Waals surface area contributed by atoms with E-state index >= 15 is 0 Å². The fourth-order valence-corrected chi connectivity index (χ4v) is 9.89. The summed E-state index contributed by atoms with van der Waals surface area (Å²) in [5.74, 6) is 0.651. The van der Waals surface area contributed by atoms with E-state index in [2.05, 4.69) is 39.7 Å². The van der Waals surface area contributed by atoms with Crippen molar-refractivity contribution in [2.75, 3.05) is 39.8 Å². The normalized spacial score (nSPS) is 35.1. The molecular weight excluding hydrogens is 628 g/mol. The van der Waals surface area contributed by atoms with Crippen molar-refractivity contribution in [2.45, 2.75) is 119 Å². The number of likely N-dealkylation sites (tertiary alicyclic amines) is 1. The smallest absolute Gasteiger partial charge is 0.246 e. The molecule has 0 aromatic heterocycles. The highest BCUT2D eigenvalue weighted by Gasteiger charge is 2.60. The second-order valence-electron chi connectivity index (χ2n) is 14.9. The molecule has 260 valence electrons. The minimum absolute atomic E-state index is 0.00689. The van der Waals surface area contributed by atoms with Gasteiger partial charge in [0.1, 0.15) is 5.75 Å². The Bertz CT molecular complexity index is 1410. The third-order valence-corrected chi connectivity index (χ3v) is 12.6. The summed E-state index contributed by atoms with van der Waals surface area (Å²) in [5, 5.41) is 14.3. The first-order valence-corrected chi connectivity index (χ1v) is 18.6. The van der Waals surface area contributed by atoms with Crippen LogP contribution >= 0.6 is 11.6 Å². The van der Waals surface area contributed by atoms with E-state index in [1.54, 1.807) is 4.90 Å². The summed E-state index contributed by atoms with van der Waals surface area (Å²) in [7, 11) is 2.17. The van der Waals surface area contributed by atoms with Crippen molar-refractivity contribution in [2.24, 2.45) is 5.92 Å². The Morgan fingerprint density at radius 1 is 1.15 bits per heavy atom. The first-order chi connectivity index (χ1) is 23.3. The van der Waals surface area contributed by atoms with E-state index in [-0.39, 0.29) is 36.2 Å². The zero-order chi connectivity index (χ0) is 33.4. The maximum atomic E-state index is 14.9. The van der Waals surface area contributed by atoms with Crippen LogP contribution in [0.15, 0.2) is 30.9 Å². The SMILES string of the molecule is C=CC(=O)N1CCN(C2C3CC[C@]4(Cc5c(Cl)cccc5O4)C(=O)C3NC(OCC3CCCN3C)N2C2CCCCCC2)CC1CC#N. The van der Waals surface area contributed by atoms with Gasteiger partial charge in [0.15, 0.2) is 17.7 Å². The number of carbonyl (C=O) groups excluding carboxylic acids is 2. The van der Waals surface area contributed by atoms with Crippen LogP contribution in [0.25, 0.3) is 0 Å². The molecule has 1 amide bonds. The molecule has 10 nitrogen and oxygen atoms in total. The van der Waals surface area contributed by atoms with Crippen LogP contribution in [0.4, 0.5) is 0 Å². The van der Waals surface area contributed by atoms with E-state index in [1.807, 2.05) is 18.2 Å². The topological polar surface area (TPSA) is 101 Å². The van der Waals surface area contributed by atoms with Gasteiger partial charge in [0, 0.05) is 54.6 Å². The highest BCUT2D eigenvalue weighted by atomic mass is 35.5. The molecule has 1 aromatic carbocycles. The quantitative estimate of drug-likeness (QED) is 0.334. The monoisotopic (exact) mass is 678 g/mol. The summed E-state index contributed by atoms with van der Waals surface area (Å²) in [4.78, 5) is 37.0. The van der Waals surface area contributed by atoms with E-state index in [1.165, 1.54) is 31.8 Å². The number of ketones is 1. The Labute approximate surface area is 290 Å². The number of carbonyl (C=O) groups is 2. The predicted octanol–water partition coefficient (Wildman–Crippen LogP) is 4.32. The van der Waals surface area contributed by atoms with E-state index in [9.17, 15) is 14.9 Å². The minimum atomic E-state index is -0.953. The minimum Gasteiger partial charge on any atom is -0.479 e. The van der Waals surface area contributed by atoms with Gasteiger partial charge in [-0.05, 0) is 70.3 Å². The van der Waals surface area contributed by atoms with Crippen LogP contribution in [0.5, 0.6) is 5.75 Å². The van der Waals surface area contributed by atoms with E-state index < -0.39 is 18.0 Å². The standard InChI is InChI=1S/C37H51ClN6O4/c1-3-32(45)43-21-20-42(23-26(43)16-18-39)35-28-15-17-37(22-29-30(38)13-8-14-31(29)48-37)34(46)33(28)40-36(47-24-27-12-9-19-41(27)2)44(35)25-10-6-4-5-7-11-25/h3,8,13-14,25-28,33,35-36,40H,1,4-7,9-12,15-17,19-24H2,2H3/t26?,27?,28?,33?,35?,36?,37-/m0/s1. The molecule has 6 aliphatic rings. The number of piperazine rings is 1. The number of nitrogens with one attached hydrogen (secondary N) is 1. The number of rotatable bonds is 7. The fourth-order valence-electron chi connectivity index (χ4n) is 9.66.